The van der Waals surface area contributed by atoms with E-state index in [1.165, 1.54) is 5.56 Å². The molecule has 216 valence electrons. The van der Waals surface area contributed by atoms with Crippen molar-refractivity contribution < 1.29 is 4.42 Å². The summed E-state index contributed by atoms with van der Waals surface area (Å²) in [6.45, 7) is 0. The summed E-state index contributed by atoms with van der Waals surface area (Å²) in [6.07, 6.45) is 12.5. The number of benzene rings is 5. The third kappa shape index (κ3) is 4.94. The maximum atomic E-state index is 9.02. The second kappa shape index (κ2) is 11.3. The SMILES string of the molecule is N=C(/N=C(\c1ccc2c(c1)-c1ccccc1/C=C\CC/C=C/N2)c1ccc2ccc3oc4[nH]ccc4c3c2c1)c1ccccc1. The molecule has 0 bridgehead atoms. The molecule has 0 saturated carbocycles. The van der Waals surface area contributed by atoms with E-state index in [9.17, 15) is 0 Å². The Labute approximate surface area is 260 Å². The summed E-state index contributed by atoms with van der Waals surface area (Å²) in [5.74, 6) is 0.209. The van der Waals surface area contributed by atoms with Crippen LogP contribution in [0, 0.1) is 5.41 Å². The maximum absolute atomic E-state index is 9.02. The van der Waals surface area contributed by atoms with Crippen LogP contribution in [0.3, 0.4) is 0 Å². The summed E-state index contributed by atoms with van der Waals surface area (Å²) >= 11 is 0. The first-order chi connectivity index (χ1) is 22.2. The molecule has 1 aliphatic heterocycles. The number of aromatic amines is 1. The van der Waals surface area contributed by atoms with Crippen LogP contribution in [-0.2, 0) is 0 Å². The van der Waals surface area contributed by atoms with Crippen LogP contribution in [-0.4, -0.2) is 16.5 Å². The van der Waals surface area contributed by atoms with Crippen LogP contribution in [0.5, 0.6) is 0 Å². The van der Waals surface area contributed by atoms with E-state index in [2.05, 4.69) is 101 Å². The molecule has 2 aromatic heterocycles. The Morgan fingerprint density at radius 2 is 1.51 bits per heavy atom. The standard InChI is InChI=1S/C40H30N4O/c41-39(28-12-5-3-6-13-28)44-38(29-16-15-27-18-20-36-37(33(27)24-29)32-21-23-43-40(32)45-36)30-17-19-35-34(25-30)31-14-8-7-11-26(31)10-4-1-2-9-22-42-35/h3-25,41-43H,1-2H2/b10-4-,22-9+,41-39?,44-38-. The van der Waals surface area contributed by atoms with Crippen molar-refractivity contribution in [1.82, 2.24) is 4.98 Å². The quantitative estimate of drug-likeness (QED) is 0.143. The number of hydrogen-bond donors (Lipinski definition) is 3. The summed E-state index contributed by atoms with van der Waals surface area (Å²) < 4.78 is 6.12. The summed E-state index contributed by atoms with van der Waals surface area (Å²) in [6, 6.07) is 37.2. The number of aromatic nitrogens is 1. The molecule has 0 spiro atoms. The molecule has 0 aliphatic carbocycles. The van der Waals surface area contributed by atoms with Crippen LogP contribution < -0.4 is 5.32 Å². The Hall–Kier alpha value is -5.94. The fourth-order valence-electron chi connectivity index (χ4n) is 6.19. The zero-order valence-electron chi connectivity index (χ0n) is 24.5. The number of nitrogens with zero attached hydrogens (tertiary/aromatic N) is 1. The molecule has 1 aliphatic rings. The first-order valence-corrected chi connectivity index (χ1v) is 15.2. The molecule has 0 fully saturated rings. The molecule has 5 aromatic carbocycles. The van der Waals surface area contributed by atoms with Gasteiger partial charge in [-0.3, -0.25) is 5.41 Å². The van der Waals surface area contributed by atoms with Gasteiger partial charge >= 0.3 is 0 Å². The number of amidine groups is 1. The van der Waals surface area contributed by atoms with Gasteiger partial charge in [0, 0.05) is 44.9 Å². The minimum Gasteiger partial charge on any atom is -0.440 e. The van der Waals surface area contributed by atoms with E-state index in [1.54, 1.807) is 0 Å². The Bertz CT molecular complexity index is 2320. The molecule has 0 saturated heterocycles. The first-order valence-electron chi connectivity index (χ1n) is 15.2. The lowest BCUT2D eigenvalue weighted by Gasteiger charge is -2.16. The molecule has 0 radical (unpaired) electrons. The molecule has 8 rings (SSSR count). The van der Waals surface area contributed by atoms with E-state index in [0.717, 1.165) is 84.9 Å². The smallest absolute Gasteiger partial charge is 0.205 e. The van der Waals surface area contributed by atoms with Crippen LogP contribution in [0.25, 0.3) is 50.0 Å². The molecule has 7 aromatic rings. The molecule has 5 heteroatoms. The lowest BCUT2D eigenvalue weighted by Crippen LogP contribution is -2.09. The predicted octanol–water partition coefficient (Wildman–Crippen LogP) is 10.3. The minimum atomic E-state index is 0.209. The highest BCUT2D eigenvalue weighted by atomic mass is 16.3. The van der Waals surface area contributed by atoms with E-state index in [-0.39, 0.29) is 5.84 Å². The average molecular weight is 583 g/mol. The van der Waals surface area contributed by atoms with Crippen LogP contribution in [0.4, 0.5) is 5.69 Å². The second-order valence-electron chi connectivity index (χ2n) is 11.2. The van der Waals surface area contributed by atoms with Gasteiger partial charge in [-0.2, -0.15) is 0 Å². The number of aliphatic imine (C=N–C) groups is 1. The molecule has 0 unspecified atom stereocenters. The van der Waals surface area contributed by atoms with E-state index >= 15 is 0 Å². The number of nitrogens with one attached hydrogen (secondary N) is 3. The molecule has 3 heterocycles. The Balaban J connectivity index is 1.36. The number of allylic oxidation sites excluding steroid dienone is 2. The van der Waals surface area contributed by atoms with Gasteiger partial charge in [-0.05, 0) is 71.3 Å². The maximum Gasteiger partial charge on any atom is 0.205 e. The van der Waals surface area contributed by atoms with E-state index in [4.69, 9.17) is 14.8 Å². The van der Waals surface area contributed by atoms with Crippen molar-refractivity contribution in [3.63, 3.8) is 0 Å². The van der Waals surface area contributed by atoms with Crippen molar-refractivity contribution in [3.05, 3.63) is 156 Å². The zero-order valence-corrected chi connectivity index (χ0v) is 24.5. The Kier molecular flexibility index (Phi) is 6.69. The number of H-pyrrole nitrogens is 1. The fourth-order valence-corrected chi connectivity index (χ4v) is 6.19. The van der Waals surface area contributed by atoms with Crippen LogP contribution in [0.15, 0.2) is 143 Å². The second-order valence-corrected chi connectivity index (χ2v) is 11.2. The molecular formula is C40H30N4O. The number of rotatable bonds is 3. The van der Waals surface area contributed by atoms with Gasteiger partial charge in [0.15, 0.2) is 5.84 Å². The highest BCUT2D eigenvalue weighted by Gasteiger charge is 2.17. The molecular weight excluding hydrogens is 552 g/mol. The van der Waals surface area contributed by atoms with Crippen molar-refractivity contribution in [1.29, 1.82) is 5.41 Å². The van der Waals surface area contributed by atoms with Gasteiger partial charge in [0.1, 0.15) is 5.58 Å². The summed E-state index contributed by atoms with van der Waals surface area (Å²) in [7, 11) is 0. The molecule has 45 heavy (non-hydrogen) atoms. The topological polar surface area (TPSA) is 77.2 Å². The van der Waals surface area contributed by atoms with E-state index < -0.39 is 0 Å². The predicted molar refractivity (Wildman–Crippen MR) is 187 cm³/mol. The number of anilines is 1. The van der Waals surface area contributed by atoms with Crippen molar-refractivity contribution in [2.45, 2.75) is 12.8 Å². The Morgan fingerprint density at radius 1 is 0.711 bits per heavy atom. The van der Waals surface area contributed by atoms with E-state index in [0.29, 0.717) is 0 Å². The number of fused-ring (bicyclic) bond motifs is 8. The average Bonchev–Trinajstić information content (AvgIpc) is 3.68. The summed E-state index contributed by atoms with van der Waals surface area (Å²) in [4.78, 5) is 8.24. The summed E-state index contributed by atoms with van der Waals surface area (Å²) in [5, 5.41) is 16.9. The summed E-state index contributed by atoms with van der Waals surface area (Å²) in [5.41, 5.74) is 9.35. The van der Waals surface area contributed by atoms with Gasteiger partial charge in [-0.15, -0.1) is 0 Å². The van der Waals surface area contributed by atoms with Gasteiger partial charge in [-0.25, -0.2) is 4.99 Å². The van der Waals surface area contributed by atoms with Gasteiger partial charge in [0.2, 0.25) is 5.71 Å². The van der Waals surface area contributed by atoms with Gasteiger partial charge in [-0.1, -0.05) is 97.1 Å². The Morgan fingerprint density at radius 3 is 2.44 bits per heavy atom. The highest BCUT2D eigenvalue weighted by molar-refractivity contribution is 6.23. The van der Waals surface area contributed by atoms with Crippen molar-refractivity contribution in [2.24, 2.45) is 4.99 Å². The zero-order chi connectivity index (χ0) is 30.2. The van der Waals surface area contributed by atoms with Crippen LogP contribution in [0.1, 0.15) is 35.1 Å². The molecule has 3 N–H and O–H groups in total. The minimum absolute atomic E-state index is 0.209. The lowest BCUT2D eigenvalue weighted by atomic mass is 9.92. The lowest BCUT2D eigenvalue weighted by molar-refractivity contribution is 0.656. The van der Waals surface area contributed by atoms with Crippen LogP contribution >= 0.6 is 0 Å². The first kappa shape index (κ1) is 26.7. The van der Waals surface area contributed by atoms with Crippen molar-refractivity contribution >= 4 is 56.2 Å². The molecule has 0 amide bonds. The van der Waals surface area contributed by atoms with Gasteiger partial charge < -0.3 is 14.7 Å². The third-order valence-electron chi connectivity index (χ3n) is 8.42. The number of furan rings is 1. The van der Waals surface area contributed by atoms with E-state index in [1.807, 2.05) is 48.8 Å². The normalized spacial score (nSPS) is 14.8. The van der Waals surface area contributed by atoms with Crippen molar-refractivity contribution in [2.75, 3.05) is 5.32 Å². The highest BCUT2D eigenvalue weighted by Crippen LogP contribution is 2.37. The third-order valence-corrected chi connectivity index (χ3v) is 8.42. The molecule has 5 nitrogen and oxygen atoms in total. The van der Waals surface area contributed by atoms with Gasteiger partial charge in [0.25, 0.3) is 0 Å². The van der Waals surface area contributed by atoms with Gasteiger partial charge in [0.05, 0.1) is 5.71 Å². The fraction of sp³-hybridized carbons (Fsp3) is 0.0500. The van der Waals surface area contributed by atoms with Crippen LogP contribution in [0.2, 0.25) is 0 Å². The van der Waals surface area contributed by atoms with Crippen molar-refractivity contribution in [3.8, 4) is 11.1 Å². The largest absolute Gasteiger partial charge is 0.440 e. The molecule has 0 atom stereocenters. The monoisotopic (exact) mass is 582 g/mol. The number of hydrogen-bond acceptors (Lipinski definition) is 3.